The van der Waals surface area contributed by atoms with Crippen molar-refractivity contribution in [2.24, 2.45) is 5.92 Å². The first-order valence-electron chi connectivity index (χ1n) is 5.93. The first kappa shape index (κ1) is 12.5. The molecule has 2 N–H and O–H groups in total. The van der Waals surface area contributed by atoms with Crippen molar-refractivity contribution in [3.8, 4) is 0 Å². The minimum absolute atomic E-state index is 0.0195. The average molecular weight is 249 g/mol. The van der Waals surface area contributed by atoms with Crippen LogP contribution in [0.4, 0.5) is 11.4 Å². The Bertz CT molecular complexity index is 438. The molecule has 0 spiro atoms. The van der Waals surface area contributed by atoms with E-state index < -0.39 is 4.92 Å². The van der Waals surface area contributed by atoms with Crippen LogP contribution >= 0.6 is 0 Å². The summed E-state index contributed by atoms with van der Waals surface area (Å²) in [5.74, 6) is -0.0509. The first-order chi connectivity index (χ1) is 8.66. The molecule has 0 saturated carbocycles. The summed E-state index contributed by atoms with van der Waals surface area (Å²) in [4.78, 5) is 21.9. The zero-order valence-electron chi connectivity index (χ0n) is 9.89. The number of hydrogen-bond acceptors (Lipinski definition) is 4. The molecule has 1 aliphatic rings. The summed E-state index contributed by atoms with van der Waals surface area (Å²) in [6.45, 7) is 1.65. The van der Waals surface area contributed by atoms with Crippen LogP contribution in [0, 0.1) is 16.0 Å². The van der Waals surface area contributed by atoms with Gasteiger partial charge in [0.2, 0.25) is 5.91 Å². The normalized spacial score (nSPS) is 19.2. The zero-order valence-corrected chi connectivity index (χ0v) is 9.89. The van der Waals surface area contributed by atoms with Crippen LogP contribution in [-0.4, -0.2) is 23.9 Å². The number of nitrogens with zero attached hydrogens (tertiary/aromatic N) is 1. The van der Waals surface area contributed by atoms with Crippen LogP contribution in [0.3, 0.4) is 0 Å². The molecule has 0 aromatic heterocycles. The fourth-order valence-corrected chi connectivity index (χ4v) is 1.99. The molecule has 1 heterocycles. The van der Waals surface area contributed by atoms with Crippen LogP contribution < -0.4 is 10.6 Å². The maximum absolute atomic E-state index is 11.9. The second-order valence-corrected chi connectivity index (χ2v) is 4.34. The molecule has 0 unspecified atom stereocenters. The van der Waals surface area contributed by atoms with Gasteiger partial charge in [0.1, 0.15) is 0 Å². The maximum atomic E-state index is 11.9. The number of carbonyl (C=O) groups excluding carboxylic acids is 1. The van der Waals surface area contributed by atoms with Crippen LogP contribution in [0.2, 0.25) is 0 Å². The van der Waals surface area contributed by atoms with Gasteiger partial charge in [0.05, 0.1) is 10.8 Å². The third-order valence-electron chi connectivity index (χ3n) is 3.01. The van der Waals surface area contributed by atoms with Crippen LogP contribution in [0.5, 0.6) is 0 Å². The van der Waals surface area contributed by atoms with E-state index in [-0.39, 0.29) is 17.5 Å². The summed E-state index contributed by atoms with van der Waals surface area (Å²) in [5, 5.41) is 16.4. The predicted octanol–water partition coefficient (Wildman–Crippen LogP) is 1.53. The molecule has 1 aliphatic heterocycles. The Kier molecular flexibility index (Phi) is 3.88. The van der Waals surface area contributed by atoms with Crippen molar-refractivity contribution < 1.29 is 9.72 Å². The Balaban J connectivity index is 1.96. The third kappa shape index (κ3) is 3.04. The fourth-order valence-electron chi connectivity index (χ4n) is 1.99. The molecule has 0 bridgehead atoms. The molecule has 1 aromatic carbocycles. The Labute approximate surface area is 105 Å². The highest BCUT2D eigenvalue weighted by molar-refractivity contribution is 5.92. The van der Waals surface area contributed by atoms with Gasteiger partial charge in [-0.2, -0.15) is 0 Å². The quantitative estimate of drug-likeness (QED) is 0.628. The lowest BCUT2D eigenvalue weighted by molar-refractivity contribution is -0.384. The standard InChI is InChI=1S/C12H15N3O3/c16-12(9-2-1-7-13-8-9)14-10-3-5-11(6-4-10)15(17)18/h3-6,9,13H,1-2,7-8H2,(H,14,16)/t9-/m1/s1. The summed E-state index contributed by atoms with van der Waals surface area (Å²) >= 11 is 0. The number of carbonyl (C=O) groups is 1. The Morgan fingerprint density at radius 1 is 1.39 bits per heavy atom. The molecule has 6 nitrogen and oxygen atoms in total. The lowest BCUT2D eigenvalue weighted by atomic mass is 9.99. The van der Waals surface area contributed by atoms with Gasteiger partial charge in [-0.25, -0.2) is 0 Å². The summed E-state index contributed by atoms with van der Waals surface area (Å²) < 4.78 is 0. The van der Waals surface area contributed by atoms with E-state index in [1.807, 2.05) is 0 Å². The summed E-state index contributed by atoms with van der Waals surface area (Å²) in [5.41, 5.74) is 0.614. The first-order valence-corrected chi connectivity index (χ1v) is 5.93. The van der Waals surface area contributed by atoms with E-state index in [0.717, 1.165) is 19.4 Å². The molecule has 18 heavy (non-hydrogen) atoms. The smallest absolute Gasteiger partial charge is 0.269 e. The second kappa shape index (κ2) is 5.59. The van der Waals surface area contributed by atoms with Gasteiger partial charge in [0.15, 0.2) is 0 Å². The topological polar surface area (TPSA) is 84.3 Å². The number of non-ortho nitro benzene ring substituents is 1. The van der Waals surface area contributed by atoms with E-state index in [0.29, 0.717) is 12.2 Å². The van der Waals surface area contributed by atoms with Crippen molar-refractivity contribution in [1.29, 1.82) is 0 Å². The molecule has 1 aromatic rings. The summed E-state index contributed by atoms with van der Waals surface area (Å²) in [7, 11) is 0. The molecule has 1 atom stereocenters. The van der Waals surface area contributed by atoms with E-state index in [1.54, 1.807) is 12.1 Å². The molecular weight excluding hydrogens is 234 g/mol. The van der Waals surface area contributed by atoms with E-state index in [2.05, 4.69) is 10.6 Å². The SMILES string of the molecule is O=C(Nc1ccc([N+](=O)[O-])cc1)[C@@H]1CCCNC1. The van der Waals surface area contributed by atoms with E-state index in [1.165, 1.54) is 12.1 Å². The van der Waals surface area contributed by atoms with Crippen molar-refractivity contribution in [3.63, 3.8) is 0 Å². The number of hydrogen-bond donors (Lipinski definition) is 2. The van der Waals surface area contributed by atoms with E-state index in [9.17, 15) is 14.9 Å². The van der Waals surface area contributed by atoms with Crippen LogP contribution in [0.15, 0.2) is 24.3 Å². The number of benzene rings is 1. The lowest BCUT2D eigenvalue weighted by Gasteiger charge is -2.21. The van der Waals surface area contributed by atoms with Crippen molar-refractivity contribution in [3.05, 3.63) is 34.4 Å². The largest absolute Gasteiger partial charge is 0.326 e. The Morgan fingerprint density at radius 3 is 2.67 bits per heavy atom. The summed E-state index contributed by atoms with van der Waals surface area (Å²) in [6.07, 6.45) is 1.88. The molecular formula is C12H15N3O3. The van der Waals surface area contributed by atoms with Gasteiger partial charge >= 0.3 is 0 Å². The van der Waals surface area contributed by atoms with Crippen LogP contribution in [0.25, 0.3) is 0 Å². The van der Waals surface area contributed by atoms with E-state index in [4.69, 9.17) is 0 Å². The molecule has 96 valence electrons. The maximum Gasteiger partial charge on any atom is 0.269 e. The molecule has 6 heteroatoms. The van der Waals surface area contributed by atoms with Crippen molar-refractivity contribution in [2.45, 2.75) is 12.8 Å². The number of nitro benzene ring substituents is 1. The van der Waals surface area contributed by atoms with Gasteiger partial charge in [-0.1, -0.05) is 0 Å². The molecule has 1 fully saturated rings. The molecule has 0 radical (unpaired) electrons. The average Bonchev–Trinajstić information content (AvgIpc) is 2.40. The highest BCUT2D eigenvalue weighted by atomic mass is 16.6. The lowest BCUT2D eigenvalue weighted by Crippen LogP contribution is -2.37. The number of amides is 1. The number of piperidine rings is 1. The fraction of sp³-hybridized carbons (Fsp3) is 0.417. The van der Waals surface area contributed by atoms with Gasteiger partial charge < -0.3 is 10.6 Å². The Hall–Kier alpha value is -1.95. The van der Waals surface area contributed by atoms with Gasteiger partial charge in [0, 0.05) is 24.4 Å². The van der Waals surface area contributed by atoms with Crippen LogP contribution in [0.1, 0.15) is 12.8 Å². The van der Waals surface area contributed by atoms with Gasteiger partial charge in [-0.3, -0.25) is 14.9 Å². The molecule has 2 rings (SSSR count). The monoisotopic (exact) mass is 249 g/mol. The van der Waals surface area contributed by atoms with Gasteiger partial charge in [-0.15, -0.1) is 0 Å². The Morgan fingerprint density at radius 2 is 2.11 bits per heavy atom. The highest BCUT2D eigenvalue weighted by Gasteiger charge is 2.20. The number of rotatable bonds is 3. The van der Waals surface area contributed by atoms with Gasteiger partial charge in [0.25, 0.3) is 5.69 Å². The minimum Gasteiger partial charge on any atom is -0.326 e. The molecule has 0 aliphatic carbocycles. The minimum atomic E-state index is -0.462. The summed E-state index contributed by atoms with van der Waals surface area (Å²) in [6, 6.07) is 5.86. The van der Waals surface area contributed by atoms with Gasteiger partial charge in [-0.05, 0) is 31.5 Å². The predicted molar refractivity (Wildman–Crippen MR) is 67.3 cm³/mol. The van der Waals surface area contributed by atoms with Crippen LogP contribution in [-0.2, 0) is 4.79 Å². The highest BCUT2D eigenvalue weighted by Crippen LogP contribution is 2.17. The number of anilines is 1. The van der Waals surface area contributed by atoms with Crippen molar-refractivity contribution >= 4 is 17.3 Å². The molecule has 1 saturated heterocycles. The zero-order chi connectivity index (χ0) is 13.0. The van der Waals surface area contributed by atoms with E-state index >= 15 is 0 Å². The van der Waals surface area contributed by atoms with Crippen molar-refractivity contribution in [1.82, 2.24) is 5.32 Å². The third-order valence-corrected chi connectivity index (χ3v) is 3.01. The molecule has 1 amide bonds. The number of nitro groups is 1. The second-order valence-electron chi connectivity index (χ2n) is 4.34. The number of nitrogens with one attached hydrogen (secondary N) is 2. The van der Waals surface area contributed by atoms with Crippen molar-refractivity contribution in [2.75, 3.05) is 18.4 Å².